The summed E-state index contributed by atoms with van der Waals surface area (Å²) in [5.74, 6) is 0. The van der Waals surface area contributed by atoms with E-state index in [2.05, 4.69) is 38.1 Å². The average molecular weight is 405 g/mol. The molecule has 30 heavy (non-hydrogen) atoms. The van der Waals surface area contributed by atoms with Crippen LogP contribution in [0.4, 0.5) is 0 Å². The number of rotatable bonds is 16. The molecule has 0 aromatic heterocycles. The standard InChI is InChI=1S/C28H40N2/c1-3-5-7-9-11-13-15-17-19-25-21-22-26(28(24-30)27(25)23-29)20-18-16-14-12-10-8-6-4-2/h17-22H,3-16H2,1-2H3/b19-17+,20-18+. The number of hydrogen-bond donors (Lipinski definition) is 0. The van der Waals surface area contributed by atoms with Crippen molar-refractivity contribution < 1.29 is 0 Å². The molecular formula is C28H40N2. The van der Waals surface area contributed by atoms with Crippen LogP contribution in [-0.4, -0.2) is 0 Å². The van der Waals surface area contributed by atoms with Crippen LogP contribution in [0.25, 0.3) is 12.2 Å². The average Bonchev–Trinajstić information content (AvgIpc) is 2.77. The number of benzene rings is 1. The highest BCUT2D eigenvalue weighted by Gasteiger charge is 2.10. The predicted molar refractivity (Wildman–Crippen MR) is 130 cm³/mol. The molecule has 0 aliphatic heterocycles. The summed E-state index contributed by atoms with van der Waals surface area (Å²) in [5.41, 5.74) is 2.71. The summed E-state index contributed by atoms with van der Waals surface area (Å²) >= 11 is 0. The minimum absolute atomic E-state index is 0.499. The van der Waals surface area contributed by atoms with Crippen LogP contribution in [0.2, 0.25) is 0 Å². The van der Waals surface area contributed by atoms with Gasteiger partial charge in [-0.1, -0.05) is 114 Å². The number of hydrogen-bond acceptors (Lipinski definition) is 2. The molecule has 2 heteroatoms. The fourth-order valence-corrected chi connectivity index (χ4v) is 3.66. The van der Waals surface area contributed by atoms with Crippen LogP contribution >= 0.6 is 0 Å². The SMILES string of the molecule is CCCCCCCC/C=C/c1ccc(/C=C/CCCCCCCC)c(C#N)c1C#N. The van der Waals surface area contributed by atoms with E-state index in [9.17, 15) is 10.5 Å². The lowest BCUT2D eigenvalue weighted by Gasteiger charge is -2.05. The summed E-state index contributed by atoms with van der Waals surface area (Å²) in [6.07, 6.45) is 25.8. The highest BCUT2D eigenvalue weighted by atomic mass is 14.3. The molecule has 1 rings (SSSR count). The van der Waals surface area contributed by atoms with E-state index < -0.39 is 0 Å². The van der Waals surface area contributed by atoms with Crippen LogP contribution in [-0.2, 0) is 0 Å². The molecule has 0 N–H and O–H groups in total. The second kappa shape index (κ2) is 17.5. The van der Waals surface area contributed by atoms with E-state index in [4.69, 9.17) is 0 Å². The van der Waals surface area contributed by atoms with Gasteiger partial charge in [0.2, 0.25) is 0 Å². The second-order valence-electron chi connectivity index (χ2n) is 8.14. The lowest BCUT2D eigenvalue weighted by molar-refractivity contribution is 0.611. The molecule has 0 aliphatic carbocycles. The lowest BCUT2D eigenvalue weighted by atomic mass is 9.96. The molecule has 0 bridgehead atoms. The first-order valence-electron chi connectivity index (χ1n) is 12.1. The number of unbranched alkanes of at least 4 members (excludes halogenated alkanes) is 12. The number of nitrogens with zero attached hydrogens (tertiary/aromatic N) is 2. The Kier molecular flexibility index (Phi) is 15.0. The monoisotopic (exact) mass is 404 g/mol. The van der Waals surface area contributed by atoms with Crippen molar-refractivity contribution in [1.29, 1.82) is 10.5 Å². The largest absolute Gasteiger partial charge is 0.192 e. The van der Waals surface area contributed by atoms with Crippen molar-refractivity contribution >= 4 is 12.2 Å². The molecule has 1 aromatic carbocycles. The van der Waals surface area contributed by atoms with Crippen LogP contribution in [0.15, 0.2) is 24.3 Å². The van der Waals surface area contributed by atoms with Crippen molar-refractivity contribution in [3.63, 3.8) is 0 Å². The zero-order chi connectivity index (χ0) is 21.9. The zero-order valence-electron chi connectivity index (χ0n) is 19.3. The quantitative estimate of drug-likeness (QED) is 0.258. The van der Waals surface area contributed by atoms with Crippen molar-refractivity contribution in [2.24, 2.45) is 0 Å². The fourth-order valence-electron chi connectivity index (χ4n) is 3.66. The third-order valence-electron chi connectivity index (χ3n) is 5.54. The third kappa shape index (κ3) is 10.5. The van der Waals surface area contributed by atoms with Crippen molar-refractivity contribution in [2.45, 2.75) is 104 Å². The highest BCUT2D eigenvalue weighted by molar-refractivity contribution is 5.70. The third-order valence-corrected chi connectivity index (χ3v) is 5.54. The van der Waals surface area contributed by atoms with Crippen molar-refractivity contribution in [2.75, 3.05) is 0 Å². The van der Waals surface area contributed by atoms with Gasteiger partial charge < -0.3 is 0 Å². The molecule has 0 saturated heterocycles. The summed E-state index contributed by atoms with van der Waals surface area (Å²) in [5, 5.41) is 19.3. The zero-order valence-corrected chi connectivity index (χ0v) is 19.3. The molecule has 0 aliphatic rings. The Hall–Kier alpha value is -2.32. The van der Waals surface area contributed by atoms with Crippen molar-refractivity contribution in [1.82, 2.24) is 0 Å². The molecule has 0 atom stereocenters. The maximum Gasteiger partial charge on any atom is 0.101 e. The molecule has 1 aromatic rings. The van der Waals surface area contributed by atoms with Crippen LogP contribution in [0.3, 0.4) is 0 Å². The predicted octanol–water partition coefficient (Wildman–Crippen LogP) is 8.96. The van der Waals surface area contributed by atoms with E-state index >= 15 is 0 Å². The topological polar surface area (TPSA) is 47.6 Å². The van der Waals surface area contributed by atoms with Gasteiger partial charge in [-0.3, -0.25) is 0 Å². The van der Waals surface area contributed by atoms with Crippen LogP contribution in [0, 0.1) is 22.7 Å². The first-order chi connectivity index (χ1) is 14.8. The summed E-state index contributed by atoms with van der Waals surface area (Å²) in [6, 6.07) is 8.45. The summed E-state index contributed by atoms with van der Waals surface area (Å²) in [6.45, 7) is 4.48. The first kappa shape index (κ1) is 25.7. The molecule has 0 amide bonds. The minimum atomic E-state index is 0.499. The molecule has 162 valence electrons. The van der Waals surface area contributed by atoms with E-state index in [-0.39, 0.29) is 0 Å². The van der Waals surface area contributed by atoms with Crippen LogP contribution < -0.4 is 0 Å². The number of nitriles is 2. The Labute approximate surface area is 185 Å². The summed E-state index contributed by atoms with van der Waals surface area (Å²) in [4.78, 5) is 0. The Balaban J connectivity index is 2.59. The fraction of sp³-hybridized carbons (Fsp3) is 0.571. The van der Waals surface area contributed by atoms with Gasteiger partial charge in [-0.25, -0.2) is 0 Å². The molecule has 0 fully saturated rings. The van der Waals surface area contributed by atoms with Gasteiger partial charge >= 0.3 is 0 Å². The molecule has 0 spiro atoms. The molecule has 0 heterocycles. The van der Waals surface area contributed by atoms with Gasteiger partial charge in [0.05, 0.1) is 11.1 Å². The van der Waals surface area contributed by atoms with Crippen molar-refractivity contribution in [3.8, 4) is 12.1 Å². The maximum atomic E-state index is 9.63. The normalized spacial score (nSPS) is 11.2. The van der Waals surface area contributed by atoms with E-state index in [0.29, 0.717) is 11.1 Å². The van der Waals surface area contributed by atoms with Gasteiger partial charge in [-0.05, 0) is 36.8 Å². The summed E-state index contributed by atoms with van der Waals surface area (Å²) in [7, 11) is 0. The highest BCUT2D eigenvalue weighted by Crippen LogP contribution is 2.22. The Morgan fingerprint density at radius 2 is 0.967 bits per heavy atom. The Bertz CT molecular complexity index is 665. The minimum Gasteiger partial charge on any atom is -0.192 e. The van der Waals surface area contributed by atoms with Gasteiger partial charge in [-0.15, -0.1) is 0 Å². The van der Waals surface area contributed by atoms with Crippen molar-refractivity contribution in [3.05, 3.63) is 46.5 Å². The van der Waals surface area contributed by atoms with E-state index in [0.717, 1.165) is 24.0 Å². The van der Waals surface area contributed by atoms with Gasteiger partial charge in [0.1, 0.15) is 12.1 Å². The van der Waals surface area contributed by atoms with E-state index in [1.807, 2.05) is 24.3 Å². The summed E-state index contributed by atoms with van der Waals surface area (Å²) < 4.78 is 0. The second-order valence-corrected chi connectivity index (χ2v) is 8.14. The van der Waals surface area contributed by atoms with Gasteiger partial charge in [-0.2, -0.15) is 10.5 Å². The lowest BCUT2D eigenvalue weighted by Crippen LogP contribution is -1.93. The smallest absolute Gasteiger partial charge is 0.101 e. The Morgan fingerprint density at radius 3 is 1.33 bits per heavy atom. The van der Waals surface area contributed by atoms with Crippen LogP contribution in [0.5, 0.6) is 0 Å². The molecule has 0 saturated carbocycles. The Morgan fingerprint density at radius 1 is 0.600 bits per heavy atom. The molecule has 0 radical (unpaired) electrons. The first-order valence-corrected chi connectivity index (χ1v) is 12.1. The number of allylic oxidation sites excluding steroid dienone is 2. The maximum absolute atomic E-state index is 9.63. The van der Waals surface area contributed by atoms with Crippen LogP contribution in [0.1, 0.15) is 126 Å². The van der Waals surface area contributed by atoms with E-state index in [1.54, 1.807) is 0 Å². The van der Waals surface area contributed by atoms with E-state index in [1.165, 1.54) is 77.0 Å². The van der Waals surface area contributed by atoms with Gasteiger partial charge in [0.15, 0.2) is 0 Å². The molecule has 2 nitrogen and oxygen atoms in total. The van der Waals surface area contributed by atoms with Gasteiger partial charge in [0.25, 0.3) is 0 Å². The van der Waals surface area contributed by atoms with Gasteiger partial charge in [0, 0.05) is 0 Å². The molecule has 0 unspecified atom stereocenters. The molecular weight excluding hydrogens is 364 g/mol.